The second-order valence-corrected chi connectivity index (χ2v) is 12.7. The molecule has 0 radical (unpaired) electrons. The van der Waals surface area contributed by atoms with Crippen LogP contribution in [0.1, 0.15) is 63.8 Å². The minimum atomic E-state index is -1.02. The molecule has 1 aliphatic rings. The molecular weight excluding hydrogens is 556 g/mol. The summed E-state index contributed by atoms with van der Waals surface area (Å²) in [6.45, 7) is 8.34. The van der Waals surface area contributed by atoms with Gasteiger partial charge in [0.1, 0.15) is 5.82 Å². The van der Waals surface area contributed by atoms with Gasteiger partial charge in [0.15, 0.2) is 0 Å². The van der Waals surface area contributed by atoms with Crippen LogP contribution in [-0.2, 0) is 22.5 Å². The first kappa shape index (κ1) is 31.3. The normalized spacial score (nSPS) is 16.3. The maximum absolute atomic E-state index is 14.0. The number of carboxylic acid groups (broad SMARTS) is 1. The number of amides is 2. The number of rotatable bonds is 11. The van der Waals surface area contributed by atoms with Crippen molar-refractivity contribution in [2.75, 3.05) is 26.8 Å². The molecule has 0 unspecified atom stereocenters. The number of nitrogens with zero attached hydrogens (tertiary/aromatic N) is 4. The van der Waals surface area contributed by atoms with E-state index in [4.69, 9.17) is 14.1 Å². The predicted molar refractivity (Wildman–Crippen MR) is 171 cm³/mol. The Kier molecular flexibility index (Phi) is 9.74. The molecule has 3 heterocycles. The Morgan fingerprint density at radius 3 is 2.57 bits per heavy atom. The van der Waals surface area contributed by atoms with Crippen molar-refractivity contribution >= 4 is 23.0 Å². The van der Waals surface area contributed by atoms with Crippen LogP contribution in [-0.4, -0.2) is 74.8 Å². The molecule has 1 saturated heterocycles. The molecule has 1 fully saturated rings. The van der Waals surface area contributed by atoms with Crippen molar-refractivity contribution in [2.45, 2.75) is 76.9 Å². The largest absolute Gasteiger partial charge is 0.472 e. The highest BCUT2D eigenvalue weighted by molar-refractivity contribution is 5.79. The van der Waals surface area contributed by atoms with Gasteiger partial charge in [-0.05, 0) is 75.8 Å². The Labute approximate surface area is 259 Å². The molecule has 0 bridgehead atoms. The van der Waals surface area contributed by atoms with Gasteiger partial charge in [-0.1, -0.05) is 36.4 Å². The van der Waals surface area contributed by atoms with Gasteiger partial charge in [-0.3, -0.25) is 9.69 Å². The van der Waals surface area contributed by atoms with Crippen LogP contribution in [0.25, 0.3) is 22.2 Å². The Hall–Kier alpha value is -4.11. The number of para-hydroxylation sites is 2. The van der Waals surface area contributed by atoms with Crippen LogP contribution in [0.2, 0.25) is 0 Å². The number of aromatic nitrogens is 2. The molecule has 0 saturated carbocycles. The lowest BCUT2D eigenvalue weighted by molar-refractivity contribution is -0.134. The van der Waals surface area contributed by atoms with Crippen molar-refractivity contribution in [3.63, 3.8) is 0 Å². The zero-order valence-electron chi connectivity index (χ0n) is 26.2. The maximum atomic E-state index is 14.0. The zero-order valence-corrected chi connectivity index (χ0v) is 26.2. The SMILES string of the molecule is COCCCn1c([C@@H]2CCCN(C(=O)C[C@@H](Cc3ccc(-c4ccoc4)cc3)N(C(=O)O)C(C)(C)C)C2)nc2ccccc21. The summed E-state index contributed by atoms with van der Waals surface area (Å²) in [6.07, 6.45) is 5.57. The van der Waals surface area contributed by atoms with E-state index in [-0.39, 0.29) is 18.2 Å². The molecule has 0 aliphatic carbocycles. The predicted octanol–water partition coefficient (Wildman–Crippen LogP) is 6.82. The van der Waals surface area contributed by atoms with E-state index in [9.17, 15) is 14.7 Å². The van der Waals surface area contributed by atoms with Gasteiger partial charge in [-0.2, -0.15) is 0 Å². The van der Waals surface area contributed by atoms with Crippen molar-refractivity contribution in [3.05, 3.63) is 78.5 Å². The van der Waals surface area contributed by atoms with E-state index < -0.39 is 17.7 Å². The summed E-state index contributed by atoms with van der Waals surface area (Å²) in [5, 5.41) is 10.3. The second-order valence-electron chi connectivity index (χ2n) is 12.7. The summed E-state index contributed by atoms with van der Waals surface area (Å²) in [5.41, 5.74) is 4.37. The second kappa shape index (κ2) is 13.7. The van der Waals surface area contributed by atoms with E-state index in [1.54, 1.807) is 19.6 Å². The molecule has 1 N–H and O–H groups in total. The van der Waals surface area contributed by atoms with Crippen molar-refractivity contribution in [1.82, 2.24) is 19.4 Å². The van der Waals surface area contributed by atoms with Gasteiger partial charge in [0.25, 0.3) is 0 Å². The highest BCUT2D eigenvalue weighted by Crippen LogP contribution is 2.31. The molecule has 5 rings (SSSR count). The average molecular weight is 601 g/mol. The van der Waals surface area contributed by atoms with E-state index in [1.807, 2.05) is 74.2 Å². The van der Waals surface area contributed by atoms with Gasteiger partial charge in [-0.15, -0.1) is 0 Å². The van der Waals surface area contributed by atoms with Gasteiger partial charge in [0.05, 0.1) is 23.6 Å². The topological polar surface area (TPSA) is 101 Å². The van der Waals surface area contributed by atoms with Crippen molar-refractivity contribution in [2.24, 2.45) is 0 Å². The third-order valence-corrected chi connectivity index (χ3v) is 8.54. The molecule has 4 aromatic rings. The smallest absolute Gasteiger partial charge is 0.408 e. The standard InChI is InChI=1S/C35H44N4O5/c1-35(2,3)39(34(41)42)29(21-25-12-14-26(15-13-25)28-16-20-44-24-28)22-32(40)37-17-7-9-27(23-37)33-36-30-10-5-6-11-31(30)38(33)18-8-19-43-4/h5-6,10-16,20,24,27,29H,7-9,17-19,21-23H2,1-4H3,(H,41,42)/t27-,29-/m1/s1. The lowest BCUT2D eigenvalue weighted by atomic mass is 9.93. The number of likely N-dealkylation sites (tertiary alicyclic amines) is 1. The van der Waals surface area contributed by atoms with E-state index in [1.165, 1.54) is 4.90 Å². The Morgan fingerprint density at radius 1 is 1.11 bits per heavy atom. The van der Waals surface area contributed by atoms with E-state index in [0.29, 0.717) is 26.1 Å². The number of furan rings is 1. The molecule has 234 valence electrons. The fraction of sp³-hybridized carbons (Fsp3) is 0.457. The van der Waals surface area contributed by atoms with Crippen LogP contribution in [0.3, 0.4) is 0 Å². The molecule has 2 aromatic carbocycles. The van der Waals surface area contributed by atoms with Gasteiger partial charge >= 0.3 is 6.09 Å². The number of carbonyl (C=O) groups is 2. The number of hydrogen-bond donors (Lipinski definition) is 1. The number of carbonyl (C=O) groups excluding carboxylic acids is 1. The number of fused-ring (bicyclic) bond motifs is 1. The van der Waals surface area contributed by atoms with Crippen LogP contribution >= 0.6 is 0 Å². The first-order chi connectivity index (χ1) is 21.2. The molecule has 2 amide bonds. The molecule has 1 aliphatic heterocycles. The van der Waals surface area contributed by atoms with E-state index in [0.717, 1.165) is 59.4 Å². The number of imidazole rings is 1. The summed E-state index contributed by atoms with van der Waals surface area (Å²) < 4.78 is 12.8. The van der Waals surface area contributed by atoms with Gasteiger partial charge in [0, 0.05) is 62.8 Å². The molecule has 0 spiro atoms. The third kappa shape index (κ3) is 7.16. The number of aryl methyl sites for hydroxylation is 1. The summed E-state index contributed by atoms with van der Waals surface area (Å²) in [5.74, 6) is 1.10. The number of ether oxygens (including phenoxy) is 1. The fourth-order valence-corrected chi connectivity index (χ4v) is 6.53. The number of hydrogen-bond acceptors (Lipinski definition) is 5. The average Bonchev–Trinajstić information content (AvgIpc) is 3.66. The monoisotopic (exact) mass is 600 g/mol. The van der Waals surface area contributed by atoms with Crippen LogP contribution < -0.4 is 0 Å². The summed E-state index contributed by atoms with van der Waals surface area (Å²) >= 11 is 0. The highest BCUT2D eigenvalue weighted by atomic mass is 16.5. The first-order valence-electron chi connectivity index (χ1n) is 15.5. The van der Waals surface area contributed by atoms with Gasteiger partial charge in [0.2, 0.25) is 5.91 Å². The molecule has 44 heavy (non-hydrogen) atoms. The van der Waals surface area contributed by atoms with Gasteiger partial charge in [-0.25, -0.2) is 9.78 Å². The first-order valence-corrected chi connectivity index (χ1v) is 15.5. The summed E-state index contributed by atoms with van der Waals surface area (Å²) in [4.78, 5) is 34.9. The third-order valence-electron chi connectivity index (χ3n) is 8.54. The minimum Gasteiger partial charge on any atom is -0.472 e. The van der Waals surface area contributed by atoms with Crippen LogP contribution in [0.5, 0.6) is 0 Å². The van der Waals surface area contributed by atoms with Gasteiger partial charge < -0.3 is 23.7 Å². The maximum Gasteiger partial charge on any atom is 0.408 e. The van der Waals surface area contributed by atoms with Crippen molar-refractivity contribution in [3.8, 4) is 11.1 Å². The summed E-state index contributed by atoms with van der Waals surface area (Å²) in [6, 6.07) is 17.6. The van der Waals surface area contributed by atoms with E-state index >= 15 is 0 Å². The van der Waals surface area contributed by atoms with Crippen molar-refractivity contribution in [1.29, 1.82) is 0 Å². The molecule has 2 atom stereocenters. The van der Waals surface area contributed by atoms with E-state index in [2.05, 4.69) is 10.6 Å². The molecule has 2 aromatic heterocycles. The fourth-order valence-electron chi connectivity index (χ4n) is 6.53. The van der Waals surface area contributed by atoms with Crippen LogP contribution in [0, 0.1) is 0 Å². The quantitative estimate of drug-likeness (QED) is 0.190. The Morgan fingerprint density at radius 2 is 1.89 bits per heavy atom. The molecule has 9 heteroatoms. The van der Waals surface area contributed by atoms with Crippen molar-refractivity contribution < 1.29 is 23.8 Å². The number of benzene rings is 2. The minimum absolute atomic E-state index is 0.0211. The summed E-state index contributed by atoms with van der Waals surface area (Å²) in [7, 11) is 1.71. The number of methoxy groups -OCH3 is 1. The van der Waals surface area contributed by atoms with Crippen LogP contribution in [0.4, 0.5) is 4.79 Å². The number of piperidine rings is 1. The molecular formula is C35H44N4O5. The lowest BCUT2D eigenvalue weighted by Gasteiger charge is -2.41. The highest BCUT2D eigenvalue weighted by Gasteiger charge is 2.36. The Balaban J connectivity index is 1.36. The zero-order chi connectivity index (χ0) is 31.3. The van der Waals surface area contributed by atoms with Crippen LogP contribution in [0.15, 0.2) is 71.5 Å². The Bertz CT molecular complexity index is 1540. The molecule has 9 nitrogen and oxygen atoms in total. The lowest BCUT2D eigenvalue weighted by Crippen LogP contribution is -2.54.